The Kier molecular flexibility index (Phi) is 8.51. The lowest BCUT2D eigenvalue weighted by Crippen LogP contribution is -2.52. The Balaban J connectivity index is 1.46. The van der Waals surface area contributed by atoms with E-state index in [0.717, 1.165) is 39.5 Å². The summed E-state index contributed by atoms with van der Waals surface area (Å²) >= 11 is 0. The predicted molar refractivity (Wildman–Crippen MR) is 145 cm³/mol. The summed E-state index contributed by atoms with van der Waals surface area (Å²) in [6.45, 7) is 3.53. The second-order valence-corrected chi connectivity index (χ2v) is 12.2. The third kappa shape index (κ3) is 6.36. The lowest BCUT2D eigenvalue weighted by molar-refractivity contribution is -0.129. The van der Waals surface area contributed by atoms with E-state index >= 15 is 0 Å². The van der Waals surface area contributed by atoms with Gasteiger partial charge in [-0.1, -0.05) is 32.0 Å². The molecule has 0 radical (unpaired) electrons. The van der Waals surface area contributed by atoms with E-state index in [4.69, 9.17) is 0 Å². The minimum Gasteiger partial charge on any atom is -0.344 e. The number of amides is 2. The van der Waals surface area contributed by atoms with Crippen LogP contribution in [0.5, 0.6) is 0 Å². The molecule has 208 valence electrons. The molecular weight excluding hydrogens is 523 g/mol. The van der Waals surface area contributed by atoms with Crippen molar-refractivity contribution < 1.29 is 27.2 Å². The molecule has 1 fully saturated rings. The molecule has 0 bridgehead atoms. The van der Waals surface area contributed by atoms with Crippen LogP contribution < -0.4 is 10.6 Å². The first-order chi connectivity index (χ1) is 18.5. The van der Waals surface area contributed by atoms with Crippen LogP contribution >= 0.6 is 0 Å². The first-order valence-electron chi connectivity index (χ1n) is 12.9. The van der Waals surface area contributed by atoms with Gasteiger partial charge in [0.15, 0.2) is 5.78 Å². The molecule has 0 spiro atoms. The highest BCUT2D eigenvalue weighted by molar-refractivity contribution is 7.89. The molecule has 2 aromatic carbocycles. The number of hydrogen-bond acceptors (Lipinski definition) is 5. The van der Waals surface area contributed by atoms with E-state index in [1.165, 1.54) is 0 Å². The molecule has 11 heteroatoms. The Hall–Kier alpha value is -3.57. The number of aromatic nitrogens is 1. The van der Waals surface area contributed by atoms with E-state index in [2.05, 4.69) is 10.6 Å². The molecule has 4 rings (SSSR count). The van der Waals surface area contributed by atoms with E-state index in [-0.39, 0.29) is 23.8 Å². The minimum atomic E-state index is -4.01. The summed E-state index contributed by atoms with van der Waals surface area (Å²) in [6, 6.07) is 12.0. The fraction of sp³-hybridized carbons (Fsp3) is 0.393. The maximum Gasteiger partial charge on any atom is 0.268 e. The van der Waals surface area contributed by atoms with Crippen molar-refractivity contribution in [2.24, 2.45) is 13.0 Å². The fourth-order valence-corrected chi connectivity index (χ4v) is 6.27. The molecule has 9 nitrogen and oxygen atoms in total. The van der Waals surface area contributed by atoms with Crippen molar-refractivity contribution in [2.45, 2.75) is 50.1 Å². The Morgan fingerprint density at radius 1 is 1.10 bits per heavy atom. The molecule has 39 heavy (non-hydrogen) atoms. The first-order valence-corrected chi connectivity index (χ1v) is 14.4. The van der Waals surface area contributed by atoms with Crippen LogP contribution in [-0.2, 0) is 26.7 Å². The third-order valence-corrected chi connectivity index (χ3v) is 8.76. The third-order valence-electron chi connectivity index (χ3n) is 6.90. The lowest BCUT2D eigenvalue weighted by Gasteiger charge is -2.23. The molecule has 0 aliphatic carbocycles. The van der Waals surface area contributed by atoms with Crippen LogP contribution in [0.15, 0.2) is 59.5 Å². The van der Waals surface area contributed by atoms with E-state index in [0.29, 0.717) is 18.5 Å². The van der Waals surface area contributed by atoms with Crippen molar-refractivity contribution in [1.29, 1.82) is 0 Å². The van der Waals surface area contributed by atoms with Crippen molar-refractivity contribution in [3.05, 3.63) is 66.1 Å². The van der Waals surface area contributed by atoms with Crippen LogP contribution in [0.1, 0.15) is 43.6 Å². The summed E-state index contributed by atoms with van der Waals surface area (Å²) in [5, 5.41) is 6.48. The molecule has 1 unspecified atom stereocenters. The number of halogens is 1. The summed E-state index contributed by atoms with van der Waals surface area (Å²) in [7, 11) is -2.22. The number of fused-ring (bicyclic) bond motifs is 1. The van der Waals surface area contributed by atoms with Gasteiger partial charge >= 0.3 is 0 Å². The number of Topliss-reactive ketones (excluding diaryl/α,β-unsaturated/α-hetero) is 1. The molecule has 2 N–H and O–H groups in total. The maximum atomic E-state index is 13.3. The van der Waals surface area contributed by atoms with Crippen LogP contribution in [-0.4, -0.2) is 60.1 Å². The number of nitrogens with zero attached hydrogens (tertiary/aromatic N) is 2. The van der Waals surface area contributed by atoms with E-state index in [1.54, 1.807) is 17.7 Å². The Labute approximate surface area is 227 Å². The number of carbonyl (C=O) groups excluding carboxylic acids is 3. The van der Waals surface area contributed by atoms with Gasteiger partial charge in [-0.2, -0.15) is 4.31 Å². The average molecular weight is 557 g/mol. The number of rotatable bonds is 8. The Morgan fingerprint density at radius 2 is 1.79 bits per heavy atom. The van der Waals surface area contributed by atoms with Crippen LogP contribution in [0, 0.1) is 11.7 Å². The normalized spacial score (nSPS) is 17.7. The number of benzene rings is 2. The van der Waals surface area contributed by atoms with Crippen LogP contribution in [0.3, 0.4) is 0 Å². The molecular formula is C28H33FN4O5S. The van der Waals surface area contributed by atoms with Gasteiger partial charge in [0, 0.05) is 24.5 Å². The van der Waals surface area contributed by atoms with Crippen molar-refractivity contribution in [1.82, 2.24) is 19.5 Å². The fourth-order valence-electron chi connectivity index (χ4n) is 4.82. The number of sulfonamides is 1. The number of ketones is 1. The van der Waals surface area contributed by atoms with Gasteiger partial charge in [0.25, 0.3) is 5.91 Å². The topological polar surface area (TPSA) is 118 Å². The van der Waals surface area contributed by atoms with Gasteiger partial charge in [-0.25, -0.2) is 12.8 Å². The molecule has 2 atom stereocenters. The van der Waals surface area contributed by atoms with Crippen LogP contribution in [0.25, 0.3) is 10.9 Å². The second-order valence-electron chi connectivity index (χ2n) is 10.3. The summed E-state index contributed by atoms with van der Waals surface area (Å²) in [5.41, 5.74) is 1.29. The van der Waals surface area contributed by atoms with E-state index < -0.39 is 52.1 Å². The quantitative estimate of drug-likeness (QED) is 0.442. The largest absolute Gasteiger partial charge is 0.344 e. The molecule has 0 saturated carbocycles. The second kappa shape index (κ2) is 11.7. The predicted octanol–water partition coefficient (Wildman–Crippen LogP) is 3.00. The number of hydrogen-bond donors (Lipinski definition) is 2. The van der Waals surface area contributed by atoms with Gasteiger partial charge < -0.3 is 15.2 Å². The Morgan fingerprint density at radius 3 is 2.46 bits per heavy atom. The molecule has 1 aliphatic heterocycles. The average Bonchev–Trinajstić information content (AvgIpc) is 3.11. The summed E-state index contributed by atoms with van der Waals surface area (Å²) in [6.07, 6.45) is 0.952. The van der Waals surface area contributed by atoms with Gasteiger partial charge in [0.2, 0.25) is 15.9 Å². The van der Waals surface area contributed by atoms with Gasteiger partial charge in [-0.05, 0) is 61.6 Å². The maximum absolute atomic E-state index is 13.3. The number of nitrogens with one attached hydrogen (secondary N) is 2. The minimum absolute atomic E-state index is 0.0784. The zero-order valence-corrected chi connectivity index (χ0v) is 23.0. The number of para-hydroxylation sites is 1. The molecule has 2 amide bonds. The summed E-state index contributed by atoms with van der Waals surface area (Å²) < 4.78 is 42.1. The van der Waals surface area contributed by atoms with Gasteiger partial charge in [-0.3, -0.25) is 14.4 Å². The number of aryl methyl sites for hydroxylation is 1. The summed E-state index contributed by atoms with van der Waals surface area (Å²) in [4.78, 5) is 39.4. The summed E-state index contributed by atoms with van der Waals surface area (Å²) in [5.74, 6) is -1.83. The zero-order valence-electron chi connectivity index (χ0n) is 22.2. The smallest absolute Gasteiger partial charge is 0.268 e. The molecule has 1 saturated heterocycles. The van der Waals surface area contributed by atoms with Gasteiger partial charge in [0.05, 0.1) is 17.5 Å². The molecule has 1 aliphatic rings. The SMILES string of the molecule is CC(C)C[C@H](NC(=O)c1cc2ccccc2n1C)C(=O)NC1CCCN(S(=O)(=O)c2ccc(F)cc2)CC1=O. The Bertz CT molecular complexity index is 1480. The molecule has 3 aromatic rings. The van der Waals surface area contributed by atoms with Gasteiger partial charge in [-0.15, -0.1) is 0 Å². The molecule has 1 aromatic heterocycles. The monoisotopic (exact) mass is 556 g/mol. The van der Waals surface area contributed by atoms with Crippen molar-refractivity contribution >= 4 is 38.5 Å². The van der Waals surface area contributed by atoms with Crippen LogP contribution in [0.2, 0.25) is 0 Å². The van der Waals surface area contributed by atoms with Crippen molar-refractivity contribution in [3.63, 3.8) is 0 Å². The van der Waals surface area contributed by atoms with E-state index in [9.17, 15) is 27.2 Å². The highest BCUT2D eigenvalue weighted by Gasteiger charge is 2.34. The number of carbonyl (C=O) groups is 3. The lowest BCUT2D eigenvalue weighted by atomic mass is 10.0. The highest BCUT2D eigenvalue weighted by Crippen LogP contribution is 2.21. The van der Waals surface area contributed by atoms with Crippen molar-refractivity contribution in [3.8, 4) is 0 Å². The molecule has 2 heterocycles. The van der Waals surface area contributed by atoms with Crippen molar-refractivity contribution in [2.75, 3.05) is 13.1 Å². The standard InChI is InChI=1S/C28H33FN4O5S/c1-18(2)15-23(31-28(36)25-16-19-7-4-5-9-24(19)32(25)3)27(35)30-22-8-6-14-33(17-26(22)34)39(37,38)21-12-10-20(29)11-13-21/h4-5,7,9-13,16,18,22-23H,6,8,14-15,17H2,1-3H3,(H,30,35)(H,31,36)/t22?,23-/m0/s1. The van der Waals surface area contributed by atoms with Crippen LogP contribution in [0.4, 0.5) is 4.39 Å². The first kappa shape index (κ1) is 28.4. The van der Waals surface area contributed by atoms with E-state index in [1.807, 2.05) is 38.1 Å². The highest BCUT2D eigenvalue weighted by atomic mass is 32.2. The van der Waals surface area contributed by atoms with Gasteiger partial charge in [0.1, 0.15) is 17.6 Å². The zero-order chi connectivity index (χ0) is 28.3.